The zero-order valence-corrected chi connectivity index (χ0v) is 15.3. The first-order valence-electron chi connectivity index (χ1n) is 8.89. The van der Waals surface area contributed by atoms with Crippen LogP contribution in [0.1, 0.15) is 65.1 Å². The van der Waals surface area contributed by atoms with E-state index >= 15 is 0 Å². The summed E-state index contributed by atoms with van der Waals surface area (Å²) < 4.78 is 10.6. The standard InChI is InChI=1S/C17H30N4O3/c1-5-8-15-19-14(20-24-15)12-21-10-7-6-9-13(21)11-18-16(22)23-17(2,3)4/h13H,5-12H2,1-4H3,(H,18,22). The molecule has 0 bridgehead atoms. The maximum Gasteiger partial charge on any atom is 0.407 e. The molecule has 1 aliphatic heterocycles. The van der Waals surface area contributed by atoms with Crippen molar-refractivity contribution in [2.24, 2.45) is 0 Å². The first-order valence-corrected chi connectivity index (χ1v) is 8.89. The van der Waals surface area contributed by atoms with Crippen LogP contribution in [0.5, 0.6) is 0 Å². The first-order chi connectivity index (χ1) is 11.4. The molecule has 0 aliphatic carbocycles. The molecule has 7 heteroatoms. The number of likely N-dealkylation sites (tertiary alicyclic amines) is 1. The summed E-state index contributed by atoms with van der Waals surface area (Å²) in [5.74, 6) is 1.43. The summed E-state index contributed by atoms with van der Waals surface area (Å²) in [6, 6.07) is 0.277. The number of hydrogen-bond acceptors (Lipinski definition) is 6. The average Bonchev–Trinajstić information content (AvgIpc) is 2.92. The number of piperidine rings is 1. The van der Waals surface area contributed by atoms with Crippen LogP contribution in [0, 0.1) is 0 Å². The normalized spacial score (nSPS) is 19.2. The van der Waals surface area contributed by atoms with E-state index in [1.54, 1.807) is 0 Å². The van der Waals surface area contributed by atoms with Crippen molar-refractivity contribution in [3.05, 3.63) is 11.7 Å². The number of amides is 1. The number of aromatic nitrogens is 2. The molecule has 0 aromatic carbocycles. The summed E-state index contributed by atoms with van der Waals surface area (Å²) in [5.41, 5.74) is -0.476. The number of hydrogen-bond donors (Lipinski definition) is 1. The molecule has 1 aromatic rings. The van der Waals surface area contributed by atoms with Crippen molar-refractivity contribution in [1.29, 1.82) is 0 Å². The Bertz CT molecular complexity index is 524. The minimum absolute atomic E-state index is 0.277. The summed E-state index contributed by atoms with van der Waals surface area (Å²) >= 11 is 0. The number of aryl methyl sites for hydroxylation is 1. The van der Waals surface area contributed by atoms with E-state index in [-0.39, 0.29) is 12.1 Å². The van der Waals surface area contributed by atoms with Gasteiger partial charge in [0, 0.05) is 19.0 Å². The van der Waals surface area contributed by atoms with Crippen molar-refractivity contribution >= 4 is 6.09 Å². The molecule has 24 heavy (non-hydrogen) atoms. The minimum Gasteiger partial charge on any atom is -0.444 e. The van der Waals surface area contributed by atoms with E-state index in [1.807, 2.05) is 20.8 Å². The van der Waals surface area contributed by atoms with Crippen LogP contribution in [-0.2, 0) is 17.7 Å². The lowest BCUT2D eigenvalue weighted by Gasteiger charge is -2.35. The highest BCUT2D eigenvalue weighted by Crippen LogP contribution is 2.19. The van der Waals surface area contributed by atoms with Gasteiger partial charge < -0.3 is 14.6 Å². The predicted molar refractivity (Wildman–Crippen MR) is 90.6 cm³/mol. The van der Waals surface area contributed by atoms with Gasteiger partial charge in [-0.1, -0.05) is 18.5 Å². The average molecular weight is 338 g/mol. The second-order valence-corrected chi connectivity index (χ2v) is 7.36. The highest BCUT2D eigenvalue weighted by molar-refractivity contribution is 5.67. The summed E-state index contributed by atoms with van der Waals surface area (Å²) in [4.78, 5) is 18.6. The van der Waals surface area contributed by atoms with Crippen LogP contribution in [0.3, 0.4) is 0 Å². The molecule has 0 radical (unpaired) electrons. The maximum absolute atomic E-state index is 11.9. The number of carbonyl (C=O) groups is 1. The lowest BCUT2D eigenvalue weighted by molar-refractivity contribution is 0.0490. The lowest BCUT2D eigenvalue weighted by atomic mass is 10.0. The highest BCUT2D eigenvalue weighted by Gasteiger charge is 2.25. The molecule has 0 saturated carbocycles. The van der Waals surface area contributed by atoms with Crippen molar-refractivity contribution in [1.82, 2.24) is 20.4 Å². The Morgan fingerprint density at radius 3 is 2.92 bits per heavy atom. The fourth-order valence-corrected chi connectivity index (χ4v) is 2.87. The van der Waals surface area contributed by atoms with Gasteiger partial charge in [-0.25, -0.2) is 4.79 Å². The molecule has 1 amide bonds. The Morgan fingerprint density at radius 2 is 2.21 bits per heavy atom. The van der Waals surface area contributed by atoms with E-state index in [4.69, 9.17) is 9.26 Å². The largest absolute Gasteiger partial charge is 0.444 e. The number of rotatable bonds is 6. The third-order valence-electron chi connectivity index (χ3n) is 3.95. The van der Waals surface area contributed by atoms with E-state index in [0.29, 0.717) is 19.0 Å². The Hall–Kier alpha value is -1.63. The predicted octanol–water partition coefficient (Wildman–Crippen LogP) is 2.90. The van der Waals surface area contributed by atoms with Gasteiger partial charge in [-0.3, -0.25) is 4.90 Å². The topological polar surface area (TPSA) is 80.5 Å². The van der Waals surface area contributed by atoms with Gasteiger partial charge in [0.1, 0.15) is 5.60 Å². The molecular weight excluding hydrogens is 308 g/mol. The smallest absolute Gasteiger partial charge is 0.407 e. The van der Waals surface area contributed by atoms with E-state index in [0.717, 1.165) is 38.1 Å². The number of alkyl carbamates (subject to hydrolysis) is 1. The van der Waals surface area contributed by atoms with Crippen LogP contribution in [-0.4, -0.2) is 45.9 Å². The molecular formula is C17H30N4O3. The number of nitrogens with one attached hydrogen (secondary N) is 1. The lowest BCUT2D eigenvalue weighted by Crippen LogP contribution is -2.47. The van der Waals surface area contributed by atoms with Crippen LogP contribution in [0.4, 0.5) is 4.79 Å². The second-order valence-electron chi connectivity index (χ2n) is 7.36. The van der Waals surface area contributed by atoms with Gasteiger partial charge in [-0.2, -0.15) is 4.98 Å². The van der Waals surface area contributed by atoms with E-state index < -0.39 is 5.60 Å². The van der Waals surface area contributed by atoms with Crippen molar-refractivity contribution in [3.63, 3.8) is 0 Å². The summed E-state index contributed by atoms with van der Waals surface area (Å²) in [7, 11) is 0. The molecule has 1 atom stereocenters. The van der Waals surface area contributed by atoms with E-state index in [9.17, 15) is 4.79 Å². The molecule has 1 fully saturated rings. The third-order valence-corrected chi connectivity index (χ3v) is 3.95. The summed E-state index contributed by atoms with van der Waals surface area (Å²) in [6.45, 7) is 9.91. The summed E-state index contributed by atoms with van der Waals surface area (Å²) in [6.07, 6.45) is 4.82. The zero-order chi connectivity index (χ0) is 17.6. The van der Waals surface area contributed by atoms with Crippen LogP contribution >= 0.6 is 0 Å². The Kier molecular flexibility index (Phi) is 6.60. The zero-order valence-electron chi connectivity index (χ0n) is 15.3. The van der Waals surface area contributed by atoms with Crippen LogP contribution in [0.2, 0.25) is 0 Å². The van der Waals surface area contributed by atoms with Gasteiger partial charge in [0.25, 0.3) is 0 Å². The highest BCUT2D eigenvalue weighted by atomic mass is 16.6. The molecule has 1 aliphatic rings. The Morgan fingerprint density at radius 1 is 1.42 bits per heavy atom. The van der Waals surface area contributed by atoms with E-state index in [2.05, 4.69) is 27.3 Å². The van der Waals surface area contributed by atoms with Crippen molar-refractivity contribution < 1.29 is 14.1 Å². The molecule has 2 heterocycles. The minimum atomic E-state index is -0.476. The van der Waals surface area contributed by atoms with Gasteiger partial charge >= 0.3 is 6.09 Å². The number of carbonyl (C=O) groups excluding carboxylic acids is 1. The molecule has 1 saturated heterocycles. The Labute approximate surface area is 144 Å². The van der Waals surface area contributed by atoms with Gasteiger partial charge in [-0.15, -0.1) is 0 Å². The van der Waals surface area contributed by atoms with Crippen molar-refractivity contribution in [3.8, 4) is 0 Å². The van der Waals surface area contributed by atoms with Crippen LogP contribution in [0.25, 0.3) is 0 Å². The number of nitrogens with zero attached hydrogens (tertiary/aromatic N) is 3. The molecule has 7 nitrogen and oxygen atoms in total. The van der Waals surface area contributed by atoms with Crippen molar-refractivity contribution in [2.75, 3.05) is 13.1 Å². The van der Waals surface area contributed by atoms with Crippen LogP contribution in [0.15, 0.2) is 4.52 Å². The second kappa shape index (κ2) is 8.46. The molecule has 1 aromatic heterocycles. The van der Waals surface area contributed by atoms with Gasteiger partial charge in [0.2, 0.25) is 5.89 Å². The van der Waals surface area contributed by atoms with Gasteiger partial charge in [-0.05, 0) is 46.6 Å². The molecule has 0 spiro atoms. The molecule has 1 unspecified atom stereocenters. The molecule has 1 N–H and O–H groups in total. The Balaban J connectivity index is 1.86. The van der Waals surface area contributed by atoms with E-state index in [1.165, 1.54) is 6.42 Å². The fraction of sp³-hybridized carbons (Fsp3) is 0.824. The van der Waals surface area contributed by atoms with Gasteiger partial charge in [0.15, 0.2) is 5.82 Å². The fourth-order valence-electron chi connectivity index (χ4n) is 2.87. The van der Waals surface area contributed by atoms with Crippen LogP contribution < -0.4 is 5.32 Å². The van der Waals surface area contributed by atoms with Gasteiger partial charge in [0.05, 0.1) is 6.54 Å². The quantitative estimate of drug-likeness (QED) is 0.859. The van der Waals surface area contributed by atoms with Crippen molar-refractivity contribution in [2.45, 2.75) is 78.0 Å². The first kappa shape index (κ1) is 18.7. The number of ether oxygens (including phenoxy) is 1. The maximum atomic E-state index is 11.9. The summed E-state index contributed by atoms with van der Waals surface area (Å²) in [5, 5.41) is 6.95. The third kappa shape index (κ3) is 6.11. The molecule has 2 rings (SSSR count). The SMILES string of the molecule is CCCc1nc(CN2CCCCC2CNC(=O)OC(C)(C)C)no1. The monoisotopic (exact) mass is 338 g/mol. The molecule has 136 valence electrons.